The molecule has 0 aromatic heterocycles. The fraction of sp³-hybridized carbons (Fsp3) is 0.643. The van der Waals surface area contributed by atoms with Gasteiger partial charge in [0.15, 0.2) is 0 Å². The molecule has 0 amide bonds. The Morgan fingerprint density at radius 3 is 1.95 bits per heavy atom. The van der Waals surface area contributed by atoms with Gasteiger partial charge in [0.25, 0.3) is 0 Å². The first-order valence-corrected chi connectivity index (χ1v) is 9.34. The number of hydrogen-bond donors (Lipinski definition) is 0. The van der Waals surface area contributed by atoms with Crippen LogP contribution in [0.1, 0.15) is 48.0 Å². The van der Waals surface area contributed by atoms with Crippen molar-refractivity contribution in [2.45, 2.75) is 59.0 Å². The van der Waals surface area contributed by atoms with Crippen molar-refractivity contribution in [2.75, 3.05) is 0 Å². The standard InChI is InChI=1S/C14H23N3.2ClH.Fe/c1-13(2,3)15-9-11-7-8-12(17-11)10-16-14(4,5)6;;;/h7,9-10H,8H2,1-6H3;2*1H;/q;;;+2/p-2. The van der Waals surface area contributed by atoms with E-state index in [9.17, 15) is 0 Å². The number of hydrogen-bond acceptors (Lipinski definition) is 3. The normalized spacial score (nSPS) is 16.4. The van der Waals surface area contributed by atoms with Crippen LogP contribution in [0, 0.1) is 0 Å². The number of nitrogens with zero attached hydrogens (tertiary/aromatic N) is 3. The molecular weight excluding hydrogens is 337 g/mol. The zero-order chi connectivity index (χ0) is 15.8. The first-order valence-electron chi connectivity index (χ1n) is 6.31. The fourth-order valence-electron chi connectivity index (χ4n) is 1.16. The van der Waals surface area contributed by atoms with Gasteiger partial charge in [0.2, 0.25) is 0 Å². The second kappa shape index (κ2) is 8.99. The van der Waals surface area contributed by atoms with E-state index in [-0.39, 0.29) is 24.2 Å². The SMILES string of the molecule is CC(C)(C)N=CC1=CCC(C=NC(C)(C)C)=N1.[Cl][Fe][Cl]. The van der Waals surface area contributed by atoms with Gasteiger partial charge in [-0.05, 0) is 41.5 Å². The average molecular weight is 360 g/mol. The van der Waals surface area contributed by atoms with Crippen LogP contribution in [0.15, 0.2) is 26.8 Å². The van der Waals surface area contributed by atoms with E-state index in [4.69, 9.17) is 20.2 Å². The van der Waals surface area contributed by atoms with E-state index in [0.29, 0.717) is 0 Å². The summed E-state index contributed by atoms with van der Waals surface area (Å²) in [6, 6.07) is 0. The maximum absolute atomic E-state index is 4.76. The molecule has 1 aliphatic heterocycles. The summed E-state index contributed by atoms with van der Waals surface area (Å²) < 4.78 is 0. The van der Waals surface area contributed by atoms with Gasteiger partial charge in [-0.15, -0.1) is 0 Å². The Balaban J connectivity index is 0.00000110. The third-order valence-electron chi connectivity index (χ3n) is 1.98. The summed E-state index contributed by atoms with van der Waals surface area (Å²) in [7, 11) is 9.53. The second-order valence-electron chi connectivity index (χ2n) is 6.34. The first-order chi connectivity index (χ1) is 9.07. The molecule has 1 rings (SSSR count). The monoisotopic (exact) mass is 359 g/mol. The first kappa shape index (κ1) is 19.8. The van der Waals surface area contributed by atoms with Crippen LogP contribution in [0.3, 0.4) is 0 Å². The molecule has 0 aromatic carbocycles. The van der Waals surface area contributed by atoms with E-state index in [1.54, 1.807) is 0 Å². The third-order valence-corrected chi connectivity index (χ3v) is 1.98. The quantitative estimate of drug-likeness (QED) is 0.500. The van der Waals surface area contributed by atoms with Crippen molar-refractivity contribution in [3.63, 3.8) is 0 Å². The zero-order valence-electron chi connectivity index (χ0n) is 12.9. The van der Waals surface area contributed by atoms with E-state index in [1.807, 2.05) is 12.4 Å². The Morgan fingerprint density at radius 1 is 1.05 bits per heavy atom. The predicted octanol–water partition coefficient (Wildman–Crippen LogP) is 4.83. The van der Waals surface area contributed by atoms with Crippen LogP contribution in [0.25, 0.3) is 0 Å². The molecule has 1 aliphatic rings. The van der Waals surface area contributed by atoms with Gasteiger partial charge in [-0.2, -0.15) is 0 Å². The molecule has 0 N–H and O–H groups in total. The Labute approximate surface area is 137 Å². The van der Waals surface area contributed by atoms with Crippen LogP contribution in [0.4, 0.5) is 0 Å². The molecule has 0 saturated heterocycles. The minimum atomic E-state index is -0.0430. The minimum absolute atomic E-state index is 0.0369. The van der Waals surface area contributed by atoms with Crippen LogP contribution in [0.2, 0.25) is 0 Å². The second-order valence-corrected chi connectivity index (χ2v) is 8.17. The number of halogens is 2. The molecule has 0 saturated carbocycles. The summed E-state index contributed by atoms with van der Waals surface area (Å²) in [5.41, 5.74) is 1.87. The van der Waals surface area contributed by atoms with Gasteiger partial charge < -0.3 is 0 Å². The molecule has 0 aromatic rings. The molecule has 0 aliphatic carbocycles. The van der Waals surface area contributed by atoms with Crippen molar-refractivity contribution in [1.82, 2.24) is 0 Å². The maximum atomic E-state index is 4.76. The van der Waals surface area contributed by atoms with Gasteiger partial charge in [-0.3, -0.25) is 15.0 Å². The number of rotatable bonds is 2. The summed E-state index contributed by atoms with van der Waals surface area (Å²) in [6.07, 6.45) is 6.65. The van der Waals surface area contributed by atoms with Gasteiger partial charge in [-0.25, -0.2) is 0 Å². The van der Waals surface area contributed by atoms with Gasteiger partial charge in [0.05, 0.1) is 22.5 Å². The summed E-state index contributed by atoms with van der Waals surface area (Å²) in [5.74, 6) is 0. The van der Waals surface area contributed by atoms with Crippen molar-refractivity contribution in [2.24, 2.45) is 15.0 Å². The van der Waals surface area contributed by atoms with Crippen LogP contribution >= 0.6 is 20.2 Å². The zero-order valence-corrected chi connectivity index (χ0v) is 15.5. The molecule has 0 unspecified atom stereocenters. The Kier molecular flexibility index (Phi) is 8.92. The van der Waals surface area contributed by atoms with Crippen LogP contribution in [-0.2, 0) is 13.1 Å². The van der Waals surface area contributed by atoms with E-state index in [2.05, 4.69) is 62.6 Å². The van der Waals surface area contributed by atoms with Crippen LogP contribution in [0.5, 0.6) is 0 Å². The van der Waals surface area contributed by atoms with E-state index >= 15 is 0 Å². The average Bonchev–Trinajstić information content (AvgIpc) is 2.71. The summed E-state index contributed by atoms with van der Waals surface area (Å²) in [5, 5.41) is 0. The van der Waals surface area contributed by atoms with Gasteiger partial charge in [0.1, 0.15) is 0 Å². The van der Waals surface area contributed by atoms with E-state index in [1.165, 1.54) is 0 Å². The van der Waals surface area contributed by atoms with E-state index < -0.39 is 0 Å². The Morgan fingerprint density at radius 2 is 1.50 bits per heavy atom. The molecule has 0 radical (unpaired) electrons. The molecule has 0 bridgehead atoms. The van der Waals surface area contributed by atoms with Crippen molar-refractivity contribution in [3.05, 3.63) is 11.8 Å². The van der Waals surface area contributed by atoms with E-state index in [0.717, 1.165) is 17.8 Å². The van der Waals surface area contributed by atoms with Crippen molar-refractivity contribution in [3.8, 4) is 0 Å². The van der Waals surface area contributed by atoms with Crippen LogP contribution < -0.4 is 0 Å². The van der Waals surface area contributed by atoms with Crippen molar-refractivity contribution in [1.29, 1.82) is 0 Å². The van der Waals surface area contributed by atoms with Gasteiger partial charge >= 0.3 is 33.3 Å². The van der Waals surface area contributed by atoms with Crippen LogP contribution in [-0.4, -0.2) is 29.2 Å². The molecule has 0 fully saturated rings. The third kappa shape index (κ3) is 11.7. The summed E-state index contributed by atoms with van der Waals surface area (Å²) >= 11 is 0.194. The fourth-order valence-corrected chi connectivity index (χ4v) is 1.16. The molecule has 6 heteroatoms. The molecule has 20 heavy (non-hydrogen) atoms. The number of aliphatic imine (C=N–C) groups is 3. The summed E-state index contributed by atoms with van der Waals surface area (Å²) in [6.45, 7) is 12.5. The molecular formula is C14H23Cl2FeN3. The molecule has 3 nitrogen and oxygen atoms in total. The van der Waals surface area contributed by atoms with Crippen molar-refractivity contribution >= 4 is 38.3 Å². The Bertz CT molecular complexity index is 413. The number of allylic oxidation sites excluding steroid dienone is 2. The van der Waals surface area contributed by atoms with Gasteiger partial charge in [0, 0.05) is 18.9 Å². The predicted molar refractivity (Wildman–Crippen MR) is 88.3 cm³/mol. The molecule has 1 heterocycles. The summed E-state index contributed by atoms with van der Waals surface area (Å²) in [4.78, 5) is 13.4. The van der Waals surface area contributed by atoms with Crippen molar-refractivity contribution < 1.29 is 13.1 Å². The Hall–Kier alpha value is -0.151. The molecule has 0 spiro atoms. The molecule has 116 valence electrons. The molecule has 0 atom stereocenters. The van der Waals surface area contributed by atoms with Gasteiger partial charge in [-0.1, -0.05) is 6.08 Å². The topological polar surface area (TPSA) is 37.1 Å².